The number of ether oxygens (including phenoxy) is 1. The van der Waals surface area contributed by atoms with Crippen LogP contribution < -0.4 is 5.32 Å². The van der Waals surface area contributed by atoms with Gasteiger partial charge in [0.2, 0.25) is 0 Å². The number of alkyl halides is 3. The van der Waals surface area contributed by atoms with Crippen LogP contribution >= 0.6 is 15.9 Å². The first-order valence-electron chi connectivity index (χ1n) is 5.57. The van der Waals surface area contributed by atoms with E-state index in [1.165, 1.54) is 13.2 Å². The quantitative estimate of drug-likeness (QED) is 0.851. The van der Waals surface area contributed by atoms with E-state index < -0.39 is 29.3 Å². The molecule has 0 aliphatic carbocycles. The molecule has 1 amide bonds. The highest BCUT2D eigenvalue weighted by molar-refractivity contribution is 9.10. The Bertz CT molecular complexity index is 480. The summed E-state index contributed by atoms with van der Waals surface area (Å²) in [4.78, 5) is 11.8. The second-order valence-electron chi connectivity index (χ2n) is 4.01. The number of amides is 1. The first-order valence-corrected chi connectivity index (χ1v) is 6.37. The minimum absolute atomic E-state index is 0.0211. The molecule has 1 rings (SSSR count). The third-order valence-corrected chi connectivity index (χ3v) is 2.88. The molecular formula is C12H13BrF3NO3. The van der Waals surface area contributed by atoms with Crippen molar-refractivity contribution in [2.45, 2.75) is 12.3 Å². The zero-order chi connectivity index (χ0) is 15.3. The van der Waals surface area contributed by atoms with Gasteiger partial charge in [0, 0.05) is 18.1 Å². The van der Waals surface area contributed by atoms with Crippen LogP contribution in [0, 0.1) is 0 Å². The number of aliphatic hydroxyl groups is 1. The number of carbonyl (C=O) groups is 1. The number of rotatable bonds is 5. The highest BCUT2D eigenvalue weighted by Gasteiger charge is 2.35. The van der Waals surface area contributed by atoms with Gasteiger partial charge < -0.3 is 15.2 Å². The summed E-state index contributed by atoms with van der Waals surface area (Å²) < 4.78 is 43.4. The van der Waals surface area contributed by atoms with Crippen LogP contribution in [0.5, 0.6) is 0 Å². The molecule has 4 nitrogen and oxygen atoms in total. The molecule has 0 radical (unpaired) electrons. The van der Waals surface area contributed by atoms with E-state index >= 15 is 0 Å². The van der Waals surface area contributed by atoms with E-state index in [0.717, 1.165) is 12.1 Å². The van der Waals surface area contributed by atoms with Crippen LogP contribution in [-0.2, 0) is 10.9 Å². The van der Waals surface area contributed by atoms with Gasteiger partial charge >= 0.3 is 6.18 Å². The van der Waals surface area contributed by atoms with Crippen molar-refractivity contribution in [1.29, 1.82) is 0 Å². The summed E-state index contributed by atoms with van der Waals surface area (Å²) in [5.74, 6) is -0.903. The highest BCUT2D eigenvalue weighted by Crippen LogP contribution is 2.33. The number of halogens is 4. The fourth-order valence-corrected chi connectivity index (χ4v) is 1.87. The third kappa shape index (κ3) is 4.77. The van der Waals surface area contributed by atoms with Crippen molar-refractivity contribution in [3.05, 3.63) is 33.8 Å². The molecule has 1 aromatic rings. The second kappa shape index (κ2) is 7.05. The fourth-order valence-electron chi connectivity index (χ4n) is 1.51. The molecule has 0 aromatic heterocycles. The van der Waals surface area contributed by atoms with E-state index in [9.17, 15) is 23.1 Å². The summed E-state index contributed by atoms with van der Waals surface area (Å²) in [5, 5.41) is 11.6. The van der Waals surface area contributed by atoms with Gasteiger partial charge in [-0.15, -0.1) is 0 Å². The van der Waals surface area contributed by atoms with Crippen LogP contribution in [-0.4, -0.2) is 37.4 Å². The van der Waals surface area contributed by atoms with Crippen LogP contribution in [0.15, 0.2) is 22.7 Å². The van der Waals surface area contributed by atoms with Gasteiger partial charge in [-0.1, -0.05) is 15.9 Å². The zero-order valence-corrected chi connectivity index (χ0v) is 12.1. The number of carbonyl (C=O) groups excluding carboxylic acids is 1. The average molecular weight is 356 g/mol. The van der Waals surface area contributed by atoms with Crippen molar-refractivity contribution in [3.8, 4) is 0 Å². The molecule has 0 saturated carbocycles. The number of nitrogens with one attached hydrogen (secondary N) is 1. The highest BCUT2D eigenvalue weighted by atomic mass is 79.9. The van der Waals surface area contributed by atoms with Crippen LogP contribution in [0.2, 0.25) is 0 Å². The van der Waals surface area contributed by atoms with Crippen LogP contribution in [0.25, 0.3) is 0 Å². The summed E-state index contributed by atoms with van der Waals surface area (Å²) in [6.45, 7) is -0.215. The smallest absolute Gasteiger partial charge is 0.389 e. The lowest BCUT2D eigenvalue weighted by Gasteiger charge is -2.15. The van der Waals surface area contributed by atoms with Crippen molar-refractivity contribution in [3.63, 3.8) is 0 Å². The molecule has 0 fully saturated rings. The van der Waals surface area contributed by atoms with Crippen LogP contribution in [0.1, 0.15) is 15.9 Å². The first-order chi connectivity index (χ1) is 9.25. The predicted octanol–water partition coefficient (Wildman–Crippen LogP) is 2.21. The van der Waals surface area contributed by atoms with Gasteiger partial charge in [-0.3, -0.25) is 4.79 Å². The van der Waals surface area contributed by atoms with Crippen molar-refractivity contribution >= 4 is 21.8 Å². The van der Waals surface area contributed by atoms with E-state index in [0.29, 0.717) is 0 Å². The zero-order valence-electron chi connectivity index (χ0n) is 10.5. The molecule has 8 heteroatoms. The van der Waals surface area contributed by atoms with Gasteiger partial charge in [-0.2, -0.15) is 13.2 Å². The van der Waals surface area contributed by atoms with Gasteiger partial charge in [-0.05, 0) is 18.2 Å². The largest absolute Gasteiger partial charge is 0.417 e. The minimum atomic E-state index is -4.64. The van der Waals surface area contributed by atoms with E-state index in [-0.39, 0.29) is 17.6 Å². The van der Waals surface area contributed by atoms with E-state index in [4.69, 9.17) is 0 Å². The molecule has 112 valence electrons. The molecule has 0 heterocycles. The molecule has 20 heavy (non-hydrogen) atoms. The molecule has 0 spiro atoms. The Kier molecular flexibility index (Phi) is 5.97. The van der Waals surface area contributed by atoms with Crippen molar-refractivity contribution in [1.82, 2.24) is 5.32 Å². The van der Waals surface area contributed by atoms with Crippen molar-refractivity contribution < 1.29 is 27.8 Å². The van der Waals surface area contributed by atoms with Gasteiger partial charge in [0.15, 0.2) is 0 Å². The molecule has 1 unspecified atom stereocenters. The lowest BCUT2D eigenvalue weighted by atomic mass is 10.1. The third-order valence-electron chi connectivity index (χ3n) is 2.39. The lowest BCUT2D eigenvalue weighted by molar-refractivity contribution is -0.138. The summed E-state index contributed by atoms with van der Waals surface area (Å²) in [6, 6.07) is 3.25. The molecule has 0 bridgehead atoms. The van der Waals surface area contributed by atoms with Crippen molar-refractivity contribution in [2.24, 2.45) is 0 Å². The Labute approximate surface area is 122 Å². The Morgan fingerprint density at radius 2 is 2.15 bits per heavy atom. The maximum atomic E-state index is 12.8. The minimum Gasteiger partial charge on any atom is -0.389 e. The summed E-state index contributed by atoms with van der Waals surface area (Å²) >= 11 is 2.93. The summed E-state index contributed by atoms with van der Waals surface area (Å²) in [6.07, 6.45) is -5.62. The van der Waals surface area contributed by atoms with E-state index in [1.807, 2.05) is 0 Å². The molecule has 0 aliphatic heterocycles. The maximum absolute atomic E-state index is 12.8. The van der Waals surface area contributed by atoms with Crippen LogP contribution in [0.4, 0.5) is 13.2 Å². The molecule has 2 N–H and O–H groups in total. The van der Waals surface area contributed by atoms with Crippen LogP contribution in [0.3, 0.4) is 0 Å². The van der Waals surface area contributed by atoms with E-state index in [2.05, 4.69) is 26.0 Å². The number of hydrogen-bond acceptors (Lipinski definition) is 3. The molecular weight excluding hydrogens is 343 g/mol. The SMILES string of the molecule is COCC(O)CNC(=O)c1ccc(Br)cc1C(F)(F)F. The van der Waals surface area contributed by atoms with Gasteiger partial charge in [0.25, 0.3) is 5.91 Å². The monoisotopic (exact) mass is 355 g/mol. The fraction of sp³-hybridized carbons (Fsp3) is 0.417. The molecule has 0 saturated heterocycles. The first kappa shape index (κ1) is 16.9. The number of aliphatic hydroxyl groups excluding tert-OH is 1. The number of hydrogen-bond donors (Lipinski definition) is 2. The molecule has 1 aromatic carbocycles. The van der Waals surface area contributed by atoms with E-state index in [1.54, 1.807) is 0 Å². The Balaban J connectivity index is 2.88. The standard InChI is InChI=1S/C12H13BrF3NO3/c1-20-6-8(18)5-17-11(19)9-3-2-7(13)4-10(9)12(14,15)16/h2-4,8,18H,5-6H2,1H3,(H,17,19). The Hall–Kier alpha value is -1.12. The van der Waals surface area contributed by atoms with Crippen molar-refractivity contribution in [2.75, 3.05) is 20.3 Å². The number of methoxy groups -OCH3 is 1. The molecule has 0 aliphatic rings. The average Bonchev–Trinajstić information content (AvgIpc) is 2.35. The normalized spacial score (nSPS) is 13.1. The van der Waals surface area contributed by atoms with Gasteiger partial charge in [0.05, 0.1) is 23.8 Å². The maximum Gasteiger partial charge on any atom is 0.417 e. The Morgan fingerprint density at radius 1 is 1.50 bits per heavy atom. The lowest BCUT2D eigenvalue weighted by Crippen LogP contribution is -2.35. The second-order valence-corrected chi connectivity index (χ2v) is 4.92. The molecule has 1 atom stereocenters. The Morgan fingerprint density at radius 3 is 2.70 bits per heavy atom. The van der Waals surface area contributed by atoms with Gasteiger partial charge in [-0.25, -0.2) is 0 Å². The summed E-state index contributed by atoms with van der Waals surface area (Å²) in [5.41, 5.74) is -1.53. The topological polar surface area (TPSA) is 58.6 Å². The number of benzene rings is 1. The predicted molar refractivity (Wildman–Crippen MR) is 69.4 cm³/mol. The summed E-state index contributed by atoms with van der Waals surface area (Å²) in [7, 11) is 1.36. The van der Waals surface area contributed by atoms with Gasteiger partial charge in [0.1, 0.15) is 0 Å².